The van der Waals surface area contributed by atoms with Gasteiger partial charge in [-0.15, -0.1) is 0 Å². The fourth-order valence-electron chi connectivity index (χ4n) is 2.06. The molecule has 27 heavy (non-hydrogen) atoms. The minimum Gasteiger partial charge on any atom is -0.457 e. The summed E-state index contributed by atoms with van der Waals surface area (Å²) < 4.78 is 11.6. The van der Waals surface area contributed by atoms with Crippen molar-refractivity contribution in [3.05, 3.63) is 66.7 Å². The van der Waals surface area contributed by atoms with Crippen molar-refractivity contribution in [3.8, 4) is 23.0 Å². The van der Waals surface area contributed by atoms with E-state index in [0.29, 0.717) is 40.1 Å². The lowest BCUT2D eigenvalue weighted by Gasteiger charge is -2.11. The molecule has 3 aromatic carbocycles. The summed E-state index contributed by atoms with van der Waals surface area (Å²) in [5, 5.41) is 0. The van der Waals surface area contributed by atoms with Gasteiger partial charge >= 0.3 is 0 Å². The van der Waals surface area contributed by atoms with Crippen molar-refractivity contribution in [1.82, 2.24) is 0 Å². The Kier molecular flexibility index (Phi) is 9.09. The molecule has 3 rings (SSSR count). The van der Waals surface area contributed by atoms with Crippen molar-refractivity contribution < 1.29 is 9.47 Å². The van der Waals surface area contributed by atoms with Crippen LogP contribution in [0.1, 0.15) is 27.7 Å². The first-order chi connectivity index (χ1) is 13.1. The van der Waals surface area contributed by atoms with Crippen LogP contribution in [0, 0.1) is 0 Å². The van der Waals surface area contributed by atoms with E-state index in [4.69, 9.17) is 26.7 Å². The summed E-state index contributed by atoms with van der Waals surface area (Å²) in [7, 11) is 0. The van der Waals surface area contributed by atoms with Gasteiger partial charge in [0.05, 0.1) is 0 Å². The van der Waals surface area contributed by atoms with Crippen molar-refractivity contribution in [3.63, 3.8) is 0 Å². The van der Waals surface area contributed by atoms with E-state index >= 15 is 0 Å². The van der Waals surface area contributed by atoms with E-state index in [1.165, 1.54) is 0 Å². The minimum atomic E-state index is 0.545. The molecule has 0 amide bonds. The largest absolute Gasteiger partial charge is 0.457 e. The summed E-state index contributed by atoms with van der Waals surface area (Å²) in [6.45, 7) is 8.00. The van der Waals surface area contributed by atoms with Crippen LogP contribution in [0.5, 0.6) is 23.0 Å². The zero-order valence-electron chi connectivity index (χ0n) is 16.4. The molecule has 144 valence electrons. The number of nitrogen functional groups attached to an aromatic ring is 3. The third-order valence-electron chi connectivity index (χ3n) is 3.13. The molecule has 6 N–H and O–H groups in total. The van der Waals surface area contributed by atoms with Crippen molar-refractivity contribution in [2.45, 2.75) is 27.7 Å². The number of ether oxygens (including phenoxy) is 2. The Morgan fingerprint density at radius 1 is 0.444 bits per heavy atom. The number of hydrogen-bond donors (Lipinski definition) is 3. The lowest BCUT2D eigenvalue weighted by Crippen LogP contribution is -1.92. The minimum absolute atomic E-state index is 0.545. The molecule has 0 atom stereocenters. The van der Waals surface area contributed by atoms with Gasteiger partial charge in [0, 0.05) is 35.3 Å². The van der Waals surface area contributed by atoms with Crippen molar-refractivity contribution in [2.24, 2.45) is 0 Å². The summed E-state index contributed by atoms with van der Waals surface area (Å²) in [6, 6.07) is 19.5. The molecule has 0 saturated heterocycles. The molecule has 5 nitrogen and oxygen atoms in total. The topological polar surface area (TPSA) is 96.5 Å². The molecule has 0 heterocycles. The van der Waals surface area contributed by atoms with Crippen LogP contribution in [0.3, 0.4) is 0 Å². The smallest absolute Gasteiger partial charge is 0.133 e. The summed E-state index contributed by atoms with van der Waals surface area (Å²) in [5.74, 6) is 2.51. The number of benzene rings is 3. The third-order valence-corrected chi connectivity index (χ3v) is 3.13. The molecule has 0 unspecified atom stereocenters. The third kappa shape index (κ3) is 7.20. The van der Waals surface area contributed by atoms with Crippen LogP contribution in [-0.2, 0) is 0 Å². The molecular formula is C22H29N3O2. The molecule has 0 fully saturated rings. The summed E-state index contributed by atoms with van der Waals surface area (Å²) >= 11 is 0. The SMILES string of the molecule is CC.CC.Nc1ccc(Oc2cc(N)cc(Oc3ccc(N)cc3)c2)cc1. The maximum atomic E-state index is 5.91. The van der Waals surface area contributed by atoms with Crippen LogP contribution < -0.4 is 26.7 Å². The molecule has 0 aliphatic rings. The number of anilines is 3. The van der Waals surface area contributed by atoms with E-state index in [0.717, 1.165) is 0 Å². The Hall–Kier alpha value is -3.34. The predicted octanol–water partition coefficient (Wildman–Crippen LogP) is 6.07. The van der Waals surface area contributed by atoms with Gasteiger partial charge in [0.2, 0.25) is 0 Å². The highest BCUT2D eigenvalue weighted by molar-refractivity contribution is 5.53. The highest BCUT2D eigenvalue weighted by Crippen LogP contribution is 2.31. The van der Waals surface area contributed by atoms with Gasteiger partial charge in [-0.1, -0.05) is 27.7 Å². The lowest BCUT2D eigenvalue weighted by atomic mass is 10.2. The molecular weight excluding hydrogens is 338 g/mol. The lowest BCUT2D eigenvalue weighted by molar-refractivity contribution is 0.461. The maximum absolute atomic E-state index is 5.91. The Morgan fingerprint density at radius 2 is 0.778 bits per heavy atom. The van der Waals surface area contributed by atoms with E-state index in [9.17, 15) is 0 Å². The molecule has 3 aromatic rings. The Bertz CT molecular complexity index is 735. The summed E-state index contributed by atoms with van der Waals surface area (Å²) in [4.78, 5) is 0. The van der Waals surface area contributed by atoms with Gasteiger partial charge in [0.15, 0.2) is 0 Å². The Morgan fingerprint density at radius 3 is 1.11 bits per heavy atom. The van der Waals surface area contributed by atoms with E-state index in [2.05, 4.69) is 0 Å². The zero-order valence-corrected chi connectivity index (χ0v) is 16.4. The van der Waals surface area contributed by atoms with Crippen LogP contribution in [0.25, 0.3) is 0 Å². The van der Waals surface area contributed by atoms with Crippen LogP contribution in [-0.4, -0.2) is 0 Å². The fourth-order valence-corrected chi connectivity index (χ4v) is 2.06. The molecule has 0 spiro atoms. The zero-order chi connectivity index (χ0) is 20.2. The van der Waals surface area contributed by atoms with Gasteiger partial charge in [-0.2, -0.15) is 0 Å². The van der Waals surface area contributed by atoms with E-state index in [-0.39, 0.29) is 0 Å². The molecule has 0 radical (unpaired) electrons. The van der Waals surface area contributed by atoms with Crippen LogP contribution >= 0.6 is 0 Å². The summed E-state index contributed by atoms with van der Waals surface area (Å²) in [5.41, 5.74) is 19.1. The normalized spacial score (nSPS) is 9.19. The molecule has 5 heteroatoms. The van der Waals surface area contributed by atoms with Gasteiger partial charge in [-0.05, 0) is 48.5 Å². The van der Waals surface area contributed by atoms with Gasteiger partial charge in [-0.25, -0.2) is 0 Å². The van der Waals surface area contributed by atoms with E-state index in [1.54, 1.807) is 66.7 Å². The van der Waals surface area contributed by atoms with Crippen LogP contribution in [0.15, 0.2) is 66.7 Å². The van der Waals surface area contributed by atoms with Crippen LogP contribution in [0.2, 0.25) is 0 Å². The predicted molar refractivity (Wildman–Crippen MR) is 115 cm³/mol. The monoisotopic (exact) mass is 367 g/mol. The molecule has 0 aliphatic carbocycles. The number of nitrogens with two attached hydrogens (primary N) is 3. The summed E-state index contributed by atoms with van der Waals surface area (Å²) in [6.07, 6.45) is 0. The van der Waals surface area contributed by atoms with Gasteiger partial charge in [0.1, 0.15) is 23.0 Å². The van der Waals surface area contributed by atoms with E-state index < -0.39 is 0 Å². The highest BCUT2D eigenvalue weighted by Gasteiger charge is 2.04. The first-order valence-electron chi connectivity index (χ1n) is 9.06. The number of rotatable bonds is 4. The Labute approximate surface area is 161 Å². The van der Waals surface area contributed by atoms with Crippen molar-refractivity contribution in [2.75, 3.05) is 17.2 Å². The second-order valence-corrected chi connectivity index (χ2v) is 5.08. The molecule has 0 saturated carbocycles. The second kappa shape index (κ2) is 11.3. The maximum Gasteiger partial charge on any atom is 0.133 e. The number of hydrogen-bond acceptors (Lipinski definition) is 5. The first-order valence-corrected chi connectivity index (χ1v) is 9.06. The quantitative estimate of drug-likeness (QED) is 0.486. The second-order valence-electron chi connectivity index (χ2n) is 5.08. The van der Waals surface area contributed by atoms with Crippen molar-refractivity contribution in [1.29, 1.82) is 0 Å². The molecule has 0 bridgehead atoms. The molecule has 0 aromatic heterocycles. The standard InChI is InChI=1S/C18H17N3O2.2C2H6/c19-12-1-5-15(6-2-12)22-17-9-14(21)10-18(11-17)23-16-7-3-13(20)4-8-16;2*1-2/h1-11H,19-21H2;2*1-2H3. The van der Waals surface area contributed by atoms with Gasteiger partial charge in [0.25, 0.3) is 0 Å². The van der Waals surface area contributed by atoms with Crippen LogP contribution in [0.4, 0.5) is 17.1 Å². The van der Waals surface area contributed by atoms with Crippen molar-refractivity contribution >= 4 is 17.1 Å². The molecule has 0 aliphatic heterocycles. The van der Waals surface area contributed by atoms with Gasteiger partial charge < -0.3 is 26.7 Å². The van der Waals surface area contributed by atoms with Gasteiger partial charge in [-0.3, -0.25) is 0 Å². The average molecular weight is 367 g/mol. The Balaban J connectivity index is 0.000000855. The fraction of sp³-hybridized carbons (Fsp3) is 0.182. The highest BCUT2D eigenvalue weighted by atomic mass is 16.5. The average Bonchev–Trinajstić information content (AvgIpc) is 2.68. The first kappa shape index (κ1) is 21.7. The van der Waals surface area contributed by atoms with E-state index in [1.807, 2.05) is 27.7 Å².